The van der Waals surface area contributed by atoms with Crippen LogP contribution < -0.4 is 5.32 Å². The number of pyridine rings is 1. The first-order valence-electron chi connectivity index (χ1n) is 5.53. The highest BCUT2D eigenvalue weighted by Gasteiger charge is 2.06. The quantitative estimate of drug-likeness (QED) is 0.766. The van der Waals surface area contributed by atoms with Crippen molar-refractivity contribution in [1.29, 1.82) is 0 Å². The minimum absolute atomic E-state index is 0.913. The van der Waals surface area contributed by atoms with Gasteiger partial charge in [0.05, 0.1) is 10.6 Å². The molecule has 17 heavy (non-hydrogen) atoms. The van der Waals surface area contributed by atoms with E-state index in [-0.39, 0.29) is 0 Å². The Kier molecular flexibility index (Phi) is 2.66. The Morgan fingerprint density at radius 3 is 3.24 bits per heavy atom. The third-order valence-electron chi connectivity index (χ3n) is 2.72. The van der Waals surface area contributed by atoms with Gasteiger partial charge in [0, 0.05) is 18.9 Å². The fraction of sp³-hybridized carbons (Fsp3) is 0.154. The lowest BCUT2D eigenvalue weighted by molar-refractivity contribution is 0.821. The Bertz CT molecular complexity index is 639. The predicted octanol–water partition coefficient (Wildman–Crippen LogP) is 2.78. The summed E-state index contributed by atoms with van der Waals surface area (Å²) in [5.41, 5.74) is 3.52. The summed E-state index contributed by atoms with van der Waals surface area (Å²) < 4.78 is 2.12. The predicted molar refractivity (Wildman–Crippen MR) is 71.3 cm³/mol. The van der Waals surface area contributed by atoms with Crippen molar-refractivity contribution in [2.24, 2.45) is 0 Å². The molecule has 3 nitrogen and oxygen atoms in total. The molecule has 0 aliphatic heterocycles. The Balaban J connectivity index is 2.10. The molecular weight excluding hydrogens is 230 g/mol. The molecule has 0 spiro atoms. The average molecular weight is 243 g/mol. The van der Waals surface area contributed by atoms with Gasteiger partial charge in [-0.25, -0.2) is 4.98 Å². The lowest BCUT2D eigenvalue weighted by Gasteiger charge is -2.02. The standard InChI is InChI=1S/C13H13N3S/c1-14-8-10-7-12(17-9-10)11-3-2-4-13-15-5-6-16(11)13/h2-7,9,14H,8H2,1H3. The topological polar surface area (TPSA) is 29.3 Å². The molecule has 0 fully saturated rings. The van der Waals surface area contributed by atoms with E-state index < -0.39 is 0 Å². The molecule has 0 bridgehead atoms. The molecule has 0 saturated carbocycles. The van der Waals surface area contributed by atoms with Gasteiger partial charge >= 0.3 is 0 Å². The molecule has 0 aliphatic rings. The second-order valence-electron chi connectivity index (χ2n) is 3.92. The van der Waals surface area contributed by atoms with Gasteiger partial charge in [-0.05, 0) is 36.2 Å². The van der Waals surface area contributed by atoms with Crippen molar-refractivity contribution in [2.45, 2.75) is 6.54 Å². The van der Waals surface area contributed by atoms with E-state index in [1.54, 1.807) is 11.3 Å². The molecule has 3 heterocycles. The molecule has 3 aromatic heterocycles. The normalized spacial score (nSPS) is 11.1. The smallest absolute Gasteiger partial charge is 0.137 e. The second kappa shape index (κ2) is 4.31. The summed E-state index contributed by atoms with van der Waals surface area (Å²) in [6.07, 6.45) is 3.84. The third kappa shape index (κ3) is 1.85. The minimum atomic E-state index is 0.913. The van der Waals surface area contributed by atoms with Gasteiger partial charge in [0.2, 0.25) is 0 Å². The molecule has 0 saturated heterocycles. The molecule has 0 amide bonds. The Labute approximate surface area is 104 Å². The van der Waals surface area contributed by atoms with E-state index in [2.05, 4.69) is 38.3 Å². The molecule has 0 radical (unpaired) electrons. The van der Waals surface area contributed by atoms with Crippen LogP contribution in [-0.4, -0.2) is 16.4 Å². The van der Waals surface area contributed by atoms with Crippen LogP contribution in [-0.2, 0) is 6.54 Å². The van der Waals surface area contributed by atoms with E-state index in [0.717, 1.165) is 12.2 Å². The highest BCUT2D eigenvalue weighted by atomic mass is 32.1. The van der Waals surface area contributed by atoms with Crippen LogP contribution >= 0.6 is 11.3 Å². The van der Waals surface area contributed by atoms with E-state index in [9.17, 15) is 0 Å². The van der Waals surface area contributed by atoms with E-state index >= 15 is 0 Å². The van der Waals surface area contributed by atoms with Crippen molar-refractivity contribution in [3.63, 3.8) is 0 Å². The number of hydrogen-bond donors (Lipinski definition) is 1. The first-order chi connectivity index (χ1) is 8.38. The Morgan fingerprint density at radius 1 is 1.41 bits per heavy atom. The van der Waals surface area contributed by atoms with Crippen LogP contribution in [0, 0.1) is 0 Å². The van der Waals surface area contributed by atoms with Crippen LogP contribution in [0.4, 0.5) is 0 Å². The van der Waals surface area contributed by atoms with E-state index in [4.69, 9.17) is 0 Å². The highest BCUT2D eigenvalue weighted by molar-refractivity contribution is 7.13. The number of nitrogens with one attached hydrogen (secondary N) is 1. The van der Waals surface area contributed by atoms with E-state index in [0.29, 0.717) is 0 Å². The number of fused-ring (bicyclic) bond motifs is 1. The van der Waals surface area contributed by atoms with Gasteiger partial charge in [0.25, 0.3) is 0 Å². The van der Waals surface area contributed by atoms with Crippen LogP contribution in [0.2, 0.25) is 0 Å². The molecule has 1 N–H and O–H groups in total. The van der Waals surface area contributed by atoms with Crippen molar-refractivity contribution >= 4 is 17.0 Å². The van der Waals surface area contributed by atoms with Crippen molar-refractivity contribution in [1.82, 2.24) is 14.7 Å². The zero-order valence-corrected chi connectivity index (χ0v) is 10.4. The van der Waals surface area contributed by atoms with Crippen LogP contribution in [0.3, 0.4) is 0 Å². The molecule has 0 aliphatic carbocycles. The van der Waals surface area contributed by atoms with Crippen LogP contribution in [0.15, 0.2) is 42.0 Å². The van der Waals surface area contributed by atoms with Crippen molar-refractivity contribution < 1.29 is 0 Å². The first kappa shape index (κ1) is 10.5. The van der Waals surface area contributed by atoms with E-state index in [1.165, 1.54) is 16.1 Å². The molecular formula is C13H13N3S. The van der Waals surface area contributed by atoms with Crippen molar-refractivity contribution in [3.8, 4) is 10.6 Å². The van der Waals surface area contributed by atoms with Crippen molar-refractivity contribution in [2.75, 3.05) is 7.05 Å². The van der Waals surface area contributed by atoms with Crippen LogP contribution in [0.5, 0.6) is 0 Å². The van der Waals surface area contributed by atoms with Gasteiger partial charge in [-0.15, -0.1) is 11.3 Å². The number of hydrogen-bond acceptors (Lipinski definition) is 3. The fourth-order valence-electron chi connectivity index (χ4n) is 1.96. The van der Waals surface area contributed by atoms with Gasteiger partial charge in [-0.3, -0.25) is 4.40 Å². The molecule has 4 heteroatoms. The minimum Gasteiger partial charge on any atom is -0.316 e. The summed E-state index contributed by atoms with van der Waals surface area (Å²) >= 11 is 1.77. The van der Waals surface area contributed by atoms with E-state index in [1.807, 2.05) is 25.5 Å². The lowest BCUT2D eigenvalue weighted by Crippen LogP contribution is -2.03. The summed E-state index contributed by atoms with van der Waals surface area (Å²) in [4.78, 5) is 5.58. The third-order valence-corrected chi connectivity index (χ3v) is 3.72. The van der Waals surface area contributed by atoms with Gasteiger partial charge < -0.3 is 5.32 Å². The fourth-order valence-corrected chi connectivity index (χ4v) is 2.89. The largest absolute Gasteiger partial charge is 0.316 e. The zero-order valence-electron chi connectivity index (χ0n) is 9.55. The maximum absolute atomic E-state index is 4.30. The highest BCUT2D eigenvalue weighted by Crippen LogP contribution is 2.27. The Morgan fingerprint density at radius 2 is 2.35 bits per heavy atom. The first-order valence-corrected chi connectivity index (χ1v) is 6.41. The summed E-state index contributed by atoms with van der Waals surface area (Å²) in [5.74, 6) is 0. The summed E-state index contributed by atoms with van der Waals surface area (Å²) in [5, 5.41) is 5.36. The lowest BCUT2D eigenvalue weighted by atomic mass is 10.2. The van der Waals surface area contributed by atoms with Crippen LogP contribution in [0.1, 0.15) is 5.56 Å². The zero-order chi connectivity index (χ0) is 11.7. The number of rotatable bonds is 3. The monoisotopic (exact) mass is 243 g/mol. The molecule has 0 aromatic carbocycles. The molecule has 86 valence electrons. The van der Waals surface area contributed by atoms with Gasteiger partial charge in [0.1, 0.15) is 5.65 Å². The SMILES string of the molecule is CNCc1csc(-c2cccc3nccn23)c1. The Hall–Kier alpha value is -1.65. The summed E-state index contributed by atoms with van der Waals surface area (Å²) in [6, 6.07) is 8.43. The maximum atomic E-state index is 4.30. The van der Waals surface area contributed by atoms with Gasteiger partial charge in [-0.1, -0.05) is 6.07 Å². The molecule has 0 unspecified atom stereocenters. The second-order valence-corrected chi connectivity index (χ2v) is 4.83. The summed E-state index contributed by atoms with van der Waals surface area (Å²) in [6.45, 7) is 0.913. The molecule has 3 aromatic rings. The number of aromatic nitrogens is 2. The maximum Gasteiger partial charge on any atom is 0.137 e. The number of imidazole rings is 1. The number of nitrogens with zero attached hydrogens (tertiary/aromatic N) is 2. The van der Waals surface area contributed by atoms with Crippen LogP contribution in [0.25, 0.3) is 16.2 Å². The average Bonchev–Trinajstić information content (AvgIpc) is 2.96. The molecule has 0 atom stereocenters. The summed E-state index contributed by atoms with van der Waals surface area (Å²) in [7, 11) is 1.97. The van der Waals surface area contributed by atoms with Gasteiger partial charge in [-0.2, -0.15) is 0 Å². The van der Waals surface area contributed by atoms with Crippen molar-refractivity contribution in [3.05, 3.63) is 47.6 Å². The number of thiophene rings is 1. The van der Waals surface area contributed by atoms with Gasteiger partial charge in [0.15, 0.2) is 0 Å². The molecule has 3 rings (SSSR count).